The van der Waals surface area contributed by atoms with Crippen molar-refractivity contribution in [3.8, 4) is 0 Å². The maximum absolute atomic E-state index is 12.5. The van der Waals surface area contributed by atoms with Crippen LogP contribution in [0.2, 0.25) is 0 Å². The quantitative estimate of drug-likeness (QED) is 0.806. The second-order valence-corrected chi connectivity index (χ2v) is 6.45. The number of hydrogen-bond acceptors (Lipinski definition) is 3. The van der Waals surface area contributed by atoms with Gasteiger partial charge in [-0.3, -0.25) is 4.90 Å². The van der Waals surface area contributed by atoms with Crippen LogP contribution in [0.25, 0.3) is 10.9 Å². The summed E-state index contributed by atoms with van der Waals surface area (Å²) in [7, 11) is 0. The third-order valence-electron chi connectivity index (χ3n) is 4.81. The lowest BCUT2D eigenvalue weighted by molar-refractivity contribution is 0.0766. The molecule has 0 saturated carbocycles. The number of carbonyl (C=O) groups excluding carboxylic acids is 1. The topological polar surface area (TPSA) is 71.6 Å². The highest BCUT2D eigenvalue weighted by atomic mass is 16.3. The van der Waals surface area contributed by atoms with Gasteiger partial charge in [0.2, 0.25) is 0 Å². The van der Waals surface area contributed by atoms with E-state index in [1.807, 2.05) is 30.0 Å². The number of benzene rings is 1. The second-order valence-electron chi connectivity index (χ2n) is 6.45. The summed E-state index contributed by atoms with van der Waals surface area (Å²) >= 11 is 0. The number of piperazine rings is 1. The van der Waals surface area contributed by atoms with E-state index in [0.29, 0.717) is 13.1 Å². The lowest BCUT2D eigenvalue weighted by Gasteiger charge is -2.38. The molecule has 1 fully saturated rings. The highest BCUT2D eigenvalue weighted by Gasteiger charge is 2.24. The number of H-pyrrole nitrogens is 1. The Morgan fingerprint density at radius 2 is 2.04 bits per heavy atom. The highest BCUT2D eigenvalue weighted by molar-refractivity contribution is 5.93. The summed E-state index contributed by atoms with van der Waals surface area (Å²) in [6.45, 7) is 7.28. The number of amides is 2. The number of aromatic amines is 1. The van der Waals surface area contributed by atoms with Crippen LogP contribution in [0.1, 0.15) is 19.0 Å². The van der Waals surface area contributed by atoms with Crippen LogP contribution in [0.4, 0.5) is 10.5 Å². The molecule has 0 aliphatic carbocycles. The summed E-state index contributed by atoms with van der Waals surface area (Å²) in [5.74, 6) is 0. The molecule has 2 amide bonds. The molecule has 1 aromatic heterocycles. The van der Waals surface area contributed by atoms with Gasteiger partial charge in [0.25, 0.3) is 0 Å². The molecule has 0 radical (unpaired) electrons. The number of rotatable bonds is 4. The number of nitrogens with one attached hydrogen (secondary N) is 2. The van der Waals surface area contributed by atoms with Crippen LogP contribution in [0.15, 0.2) is 24.3 Å². The molecule has 1 saturated heterocycles. The summed E-state index contributed by atoms with van der Waals surface area (Å²) in [6, 6.07) is 8.12. The van der Waals surface area contributed by atoms with Crippen molar-refractivity contribution in [3.05, 3.63) is 30.0 Å². The Labute approximate surface area is 142 Å². The van der Waals surface area contributed by atoms with Crippen molar-refractivity contribution in [2.45, 2.75) is 26.3 Å². The third-order valence-corrected chi connectivity index (χ3v) is 4.81. The molecule has 3 N–H and O–H groups in total. The van der Waals surface area contributed by atoms with Gasteiger partial charge in [-0.25, -0.2) is 4.79 Å². The fourth-order valence-corrected chi connectivity index (χ4v) is 3.35. The number of aryl methyl sites for hydroxylation is 1. The zero-order valence-corrected chi connectivity index (χ0v) is 14.4. The van der Waals surface area contributed by atoms with Crippen molar-refractivity contribution in [2.24, 2.45) is 0 Å². The van der Waals surface area contributed by atoms with Crippen LogP contribution < -0.4 is 5.32 Å². The van der Waals surface area contributed by atoms with E-state index in [0.717, 1.165) is 41.8 Å². The maximum atomic E-state index is 12.5. The molecule has 1 aliphatic rings. The number of aliphatic hydroxyl groups excluding tert-OH is 1. The summed E-state index contributed by atoms with van der Waals surface area (Å²) in [5, 5.41) is 13.5. The minimum absolute atomic E-state index is 0.0571. The van der Waals surface area contributed by atoms with Gasteiger partial charge in [0.05, 0.1) is 6.61 Å². The van der Waals surface area contributed by atoms with E-state index in [9.17, 15) is 9.90 Å². The normalized spacial score (nSPS) is 17.2. The zero-order valence-electron chi connectivity index (χ0n) is 14.4. The Hall–Kier alpha value is -2.05. The Bertz CT molecular complexity index is 700. The van der Waals surface area contributed by atoms with Gasteiger partial charge in [0, 0.05) is 54.5 Å². The van der Waals surface area contributed by atoms with E-state index in [2.05, 4.69) is 28.2 Å². The molecule has 3 rings (SSSR count). The molecule has 24 heavy (non-hydrogen) atoms. The number of fused-ring (bicyclic) bond motifs is 1. The monoisotopic (exact) mass is 330 g/mol. The predicted molar refractivity (Wildman–Crippen MR) is 96.4 cm³/mol. The molecule has 1 aromatic carbocycles. The molecular formula is C18H26N4O2. The lowest BCUT2D eigenvalue weighted by atomic mass is 10.1. The van der Waals surface area contributed by atoms with Crippen molar-refractivity contribution in [3.63, 3.8) is 0 Å². The first-order valence-corrected chi connectivity index (χ1v) is 8.61. The van der Waals surface area contributed by atoms with Crippen molar-refractivity contribution < 1.29 is 9.90 Å². The SMILES string of the molecule is CCC(CO)N1CCN(C(=O)Nc2ccc3[nH]c(C)cc3c2)CC1. The smallest absolute Gasteiger partial charge is 0.321 e. The average Bonchev–Trinajstić information content (AvgIpc) is 2.96. The molecule has 0 bridgehead atoms. The first kappa shape index (κ1) is 16.8. The minimum atomic E-state index is -0.0571. The average molecular weight is 330 g/mol. The highest BCUT2D eigenvalue weighted by Crippen LogP contribution is 2.20. The van der Waals surface area contributed by atoms with Crippen molar-refractivity contribution in [1.29, 1.82) is 0 Å². The molecule has 2 aromatic rings. The first-order chi connectivity index (χ1) is 11.6. The van der Waals surface area contributed by atoms with Gasteiger partial charge < -0.3 is 20.3 Å². The van der Waals surface area contributed by atoms with Crippen molar-refractivity contribution in [1.82, 2.24) is 14.8 Å². The molecular weight excluding hydrogens is 304 g/mol. The summed E-state index contributed by atoms with van der Waals surface area (Å²) < 4.78 is 0. The maximum Gasteiger partial charge on any atom is 0.321 e. The van der Waals surface area contributed by atoms with Gasteiger partial charge in [-0.1, -0.05) is 6.92 Å². The van der Waals surface area contributed by atoms with E-state index in [1.54, 1.807) is 0 Å². The largest absolute Gasteiger partial charge is 0.395 e. The predicted octanol–water partition coefficient (Wildman–Crippen LogP) is 2.40. The molecule has 0 spiro atoms. The van der Waals surface area contributed by atoms with Crippen LogP contribution in [0.5, 0.6) is 0 Å². The van der Waals surface area contributed by atoms with Crippen LogP contribution in [0.3, 0.4) is 0 Å². The molecule has 130 valence electrons. The van der Waals surface area contributed by atoms with Gasteiger partial charge in [0.15, 0.2) is 0 Å². The Kier molecular flexibility index (Phi) is 5.06. The van der Waals surface area contributed by atoms with E-state index in [4.69, 9.17) is 0 Å². The van der Waals surface area contributed by atoms with E-state index in [-0.39, 0.29) is 18.7 Å². The van der Waals surface area contributed by atoms with Crippen molar-refractivity contribution in [2.75, 3.05) is 38.1 Å². The van der Waals surface area contributed by atoms with Gasteiger partial charge >= 0.3 is 6.03 Å². The fourth-order valence-electron chi connectivity index (χ4n) is 3.35. The van der Waals surface area contributed by atoms with E-state index >= 15 is 0 Å². The zero-order chi connectivity index (χ0) is 17.1. The first-order valence-electron chi connectivity index (χ1n) is 8.61. The number of aliphatic hydroxyl groups is 1. The van der Waals surface area contributed by atoms with Crippen LogP contribution in [0, 0.1) is 6.92 Å². The molecule has 2 heterocycles. The van der Waals surface area contributed by atoms with Gasteiger partial charge in [-0.2, -0.15) is 0 Å². The lowest BCUT2D eigenvalue weighted by Crippen LogP contribution is -2.53. The van der Waals surface area contributed by atoms with Crippen LogP contribution >= 0.6 is 0 Å². The third kappa shape index (κ3) is 3.55. The Morgan fingerprint density at radius 3 is 2.71 bits per heavy atom. The van der Waals surface area contributed by atoms with Crippen LogP contribution in [-0.2, 0) is 0 Å². The number of nitrogens with zero attached hydrogens (tertiary/aromatic N) is 2. The Morgan fingerprint density at radius 1 is 1.29 bits per heavy atom. The summed E-state index contributed by atoms with van der Waals surface area (Å²) in [5.41, 5.74) is 3.00. The second kappa shape index (κ2) is 7.23. The van der Waals surface area contributed by atoms with E-state index in [1.165, 1.54) is 0 Å². The molecule has 1 unspecified atom stereocenters. The molecule has 6 heteroatoms. The standard InChI is InChI=1S/C18H26N4O2/c1-3-16(12-23)21-6-8-22(9-7-21)18(24)20-15-4-5-17-14(11-15)10-13(2)19-17/h4-5,10-11,16,19,23H,3,6-9,12H2,1-2H3,(H,20,24). The molecule has 6 nitrogen and oxygen atoms in total. The number of carbonyl (C=O) groups is 1. The van der Waals surface area contributed by atoms with Gasteiger partial charge in [0.1, 0.15) is 0 Å². The van der Waals surface area contributed by atoms with Gasteiger partial charge in [-0.15, -0.1) is 0 Å². The number of anilines is 1. The molecule has 1 atom stereocenters. The Balaban J connectivity index is 1.58. The van der Waals surface area contributed by atoms with Gasteiger partial charge in [-0.05, 0) is 37.6 Å². The van der Waals surface area contributed by atoms with Crippen LogP contribution in [-0.4, -0.2) is 64.7 Å². The number of aromatic nitrogens is 1. The summed E-state index contributed by atoms with van der Waals surface area (Å²) in [4.78, 5) is 19.8. The van der Waals surface area contributed by atoms with Crippen molar-refractivity contribution >= 4 is 22.6 Å². The summed E-state index contributed by atoms with van der Waals surface area (Å²) in [6.07, 6.45) is 0.929. The van der Waals surface area contributed by atoms with E-state index < -0.39 is 0 Å². The minimum Gasteiger partial charge on any atom is -0.395 e. The fraction of sp³-hybridized carbons (Fsp3) is 0.500. The number of hydrogen-bond donors (Lipinski definition) is 3. The number of urea groups is 1. The molecule has 1 aliphatic heterocycles.